The van der Waals surface area contributed by atoms with E-state index in [-0.39, 0.29) is 5.91 Å². The average Bonchev–Trinajstić information content (AvgIpc) is 3.18. The molecule has 0 spiro atoms. The summed E-state index contributed by atoms with van der Waals surface area (Å²) in [5.74, 6) is 0.373. The summed E-state index contributed by atoms with van der Waals surface area (Å²) >= 11 is 0. The lowest BCUT2D eigenvalue weighted by atomic mass is 10.2. The first-order valence-electron chi connectivity index (χ1n) is 9.91. The summed E-state index contributed by atoms with van der Waals surface area (Å²) in [5, 5.41) is 2.90. The highest BCUT2D eigenvalue weighted by Crippen LogP contribution is 2.22. The maximum atomic E-state index is 12.3. The van der Waals surface area contributed by atoms with Gasteiger partial charge in [-0.15, -0.1) is 0 Å². The number of ether oxygens (including phenoxy) is 2. The standard InChI is InChI=1S/C20H32N2O5S/c1-4-19(20(23)21-14-7-15-26-17-8-5-6-9-17)27-18-12-10-16(11-13-18)22(2)28(3,24)25/h10-13,17,19H,4-9,14-15H2,1-3H3,(H,21,23). The second-order valence-corrected chi connectivity index (χ2v) is 9.17. The number of nitrogens with one attached hydrogen (secondary N) is 1. The molecule has 7 nitrogen and oxygen atoms in total. The van der Waals surface area contributed by atoms with Gasteiger partial charge in [0.05, 0.1) is 18.0 Å². The van der Waals surface area contributed by atoms with E-state index in [2.05, 4.69) is 5.32 Å². The van der Waals surface area contributed by atoms with Crippen LogP contribution in [-0.4, -0.2) is 53.0 Å². The van der Waals surface area contributed by atoms with E-state index in [1.54, 1.807) is 24.3 Å². The first kappa shape index (κ1) is 22.5. The van der Waals surface area contributed by atoms with Gasteiger partial charge in [0.1, 0.15) is 5.75 Å². The average molecular weight is 413 g/mol. The zero-order valence-corrected chi connectivity index (χ0v) is 17.8. The van der Waals surface area contributed by atoms with E-state index in [1.807, 2.05) is 6.92 Å². The summed E-state index contributed by atoms with van der Waals surface area (Å²) in [6.07, 6.45) is 7.08. The summed E-state index contributed by atoms with van der Waals surface area (Å²) in [7, 11) is -1.82. The summed E-state index contributed by atoms with van der Waals surface area (Å²) in [5.41, 5.74) is 0.537. The predicted octanol–water partition coefficient (Wildman–Crippen LogP) is 2.71. The third-order valence-electron chi connectivity index (χ3n) is 4.92. The van der Waals surface area contributed by atoms with E-state index in [1.165, 1.54) is 24.2 Å². The molecule has 8 heteroatoms. The molecule has 1 aromatic carbocycles. The Bertz CT molecular complexity index is 715. The number of rotatable bonds is 11. The Kier molecular flexibility index (Phi) is 8.57. The minimum absolute atomic E-state index is 0.152. The Hall–Kier alpha value is -1.80. The van der Waals surface area contributed by atoms with Gasteiger partial charge in [0, 0.05) is 20.2 Å². The van der Waals surface area contributed by atoms with Crippen molar-refractivity contribution in [3.63, 3.8) is 0 Å². The molecule has 0 heterocycles. The van der Waals surface area contributed by atoms with Gasteiger partial charge in [0.2, 0.25) is 10.0 Å². The first-order valence-corrected chi connectivity index (χ1v) is 11.8. The molecule has 1 saturated carbocycles. The van der Waals surface area contributed by atoms with E-state index in [9.17, 15) is 13.2 Å². The molecule has 0 aromatic heterocycles. The normalized spacial score (nSPS) is 16.0. The van der Waals surface area contributed by atoms with Crippen molar-refractivity contribution in [3.8, 4) is 5.75 Å². The second-order valence-electron chi connectivity index (χ2n) is 7.16. The fourth-order valence-electron chi connectivity index (χ4n) is 3.12. The zero-order chi connectivity index (χ0) is 20.6. The number of hydrogen-bond donors (Lipinski definition) is 1. The molecule has 1 aromatic rings. The monoisotopic (exact) mass is 412 g/mol. The van der Waals surface area contributed by atoms with E-state index in [4.69, 9.17) is 9.47 Å². The van der Waals surface area contributed by atoms with Crippen LogP contribution in [-0.2, 0) is 19.6 Å². The first-order chi connectivity index (χ1) is 13.3. The van der Waals surface area contributed by atoms with Crippen LogP contribution in [0.1, 0.15) is 45.4 Å². The Morgan fingerprint density at radius 1 is 1.25 bits per heavy atom. The molecule has 28 heavy (non-hydrogen) atoms. The summed E-state index contributed by atoms with van der Waals surface area (Å²) in [4.78, 5) is 12.3. The lowest BCUT2D eigenvalue weighted by molar-refractivity contribution is -0.128. The van der Waals surface area contributed by atoms with Crippen molar-refractivity contribution in [3.05, 3.63) is 24.3 Å². The lowest BCUT2D eigenvalue weighted by Gasteiger charge is -2.19. The van der Waals surface area contributed by atoms with Crippen molar-refractivity contribution in [2.24, 2.45) is 0 Å². The minimum atomic E-state index is -3.31. The molecule has 1 unspecified atom stereocenters. The number of hydrogen-bond acceptors (Lipinski definition) is 5. The molecule has 2 rings (SSSR count). The van der Waals surface area contributed by atoms with Gasteiger partial charge < -0.3 is 14.8 Å². The summed E-state index contributed by atoms with van der Waals surface area (Å²) < 4.78 is 35.9. The van der Waals surface area contributed by atoms with Gasteiger partial charge in [0.15, 0.2) is 6.10 Å². The number of anilines is 1. The van der Waals surface area contributed by atoms with Crippen LogP contribution in [0.2, 0.25) is 0 Å². The Labute approximate surface area is 168 Å². The van der Waals surface area contributed by atoms with E-state index >= 15 is 0 Å². The van der Waals surface area contributed by atoms with Gasteiger partial charge >= 0.3 is 0 Å². The number of carbonyl (C=O) groups is 1. The number of nitrogens with zero attached hydrogens (tertiary/aromatic N) is 1. The van der Waals surface area contributed by atoms with Crippen molar-refractivity contribution in [1.29, 1.82) is 0 Å². The Morgan fingerprint density at radius 2 is 1.89 bits per heavy atom. The quantitative estimate of drug-likeness (QED) is 0.565. The van der Waals surface area contributed by atoms with Crippen LogP contribution in [0, 0.1) is 0 Å². The summed E-state index contributed by atoms with van der Waals surface area (Å²) in [6.45, 7) is 3.11. The fraction of sp³-hybridized carbons (Fsp3) is 0.650. The van der Waals surface area contributed by atoms with E-state index in [0.717, 1.165) is 25.5 Å². The molecule has 0 radical (unpaired) electrons. The third kappa shape index (κ3) is 6.98. The van der Waals surface area contributed by atoms with Gasteiger partial charge in [-0.25, -0.2) is 8.42 Å². The Balaban J connectivity index is 1.76. The van der Waals surface area contributed by atoms with Gasteiger partial charge in [-0.05, 0) is 49.9 Å². The van der Waals surface area contributed by atoms with Crippen LogP contribution < -0.4 is 14.4 Å². The van der Waals surface area contributed by atoms with Crippen molar-refractivity contribution >= 4 is 21.6 Å². The SMILES string of the molecule is CCC(Oc1ccc(N(C)S(C)(=O)=O)cc1)C(=O)NCCCOC1CCCC1. The highest BCUT2D eigenvalue weighted by molar-refractivity contribution is 7.92. The molecule has 1 atom stereocenters. The molecular formula is C20H32N2O5S. The van der Waals surface area contributed by atoms with Crippen molar-refractivity contribution in [2.45, 2.75) is 57.7 Å². The van der Waals surface area contributed by atoms with E-state index < -0.39 is 16.1 Å². The molecule has 1 aliphatic carbocycles. The van der Waals surface area contributed by atoms with Crippen LogP contribution >= 0.6 is 0 Å². The molecule has 1 aliphatic rings. The third-order valence-corrected chi connectivity index (χ3v) is 6.12. The maximum Gasteiger partial charge on any atom is 0.261 e. The van der Waals surface area contributed by atoms with Crippen molar-refractivity contribution in [1.82, 2.24) is 5.32 Å². The van der Waals surface area contributed by atoms with Crippen LogP contribution in [0.5, 0.6) is 5.75 Å². The largest absolute Gasteiger partial charge is 0.481 e. The predicted molar refractivity (Wildman–Crippen MR) is 110 cm³/mol. The van der Waals surface area contributed by atoms with Crippen molar-refractivity contribution < 1.29 is 22.7 Å². The van der Waals surface area contributed by atoms with Crippen LogP contribution in [0.3, 0.4) is 0 Å². The van der Waals surface area contributed by atoms with Crippen LogP contribution in [0.15, 0.2) is 24.3 Å². The van der Waals surface area contributed by atoms with Crippen molar-refractivity contribution in [2.75, 3.05) is 30.8 Å². The zero-order valence-electron chi connectivity index (χ0n) is 17.0. The van der Waals surface area contributed by atoms with E-state index in [0.29, 0.717) is 37.1 Å². The minimum Gasteiger partial charge on any atom is -0.481 e. The molecular weight excluding hydrogens is 380 g/mol. The van der Waals surface area contributed by atoms with Gasteiger partial charge in [-0.3, -0.25) is 9.10 Å². The molecule has 0 saturated heterocycles. The Morgan fingerprint density at radius 3 is 2.46 bits per heavy atom. The second kappa shape index (κ2) is 10.7. The molecule has 158 valence electrons. The number of benzene rings is 1. The molecule has 0 bridgehead atoms. The van der Waals surface area contributed by atoms with Crippen LogP contribution in [0.25, 0.3) is 0 Å². The number of sulfonamides is 1. The van der Waals surface area contributed by atoms with Gasteiger partial charge in [0.25, 0.3) is 5.91 Å². The van der Waals surface area contributed by atoms with Gasteiger partial charge in [-0.2, -0.15) is 0 Å². The lowest BCUT2D eigenvalue weighted by Crippen LogP contribution is -2.38. The van der Waals surface area contributed by atoms with Gasteiger partial charge in [-0.1, -0.05) is 19.8 Å². The molecule has 1 N–H and O–H groups in total. The number of carbonyl (C=O) groups excluding carboxylic acids is 1. The topological polar surface area (TPSA) is 84.9 Å². The molecule has 1 fully saturated rings. The molecule has 1 amide bonds. The summed E-state index contributed by atoms with van der Waals surface area (Å²) in [6, 6.07) is 6.65. The highest BCUT2D eigenvalue weighted by atomic mass is 32.2. The fourth-order valence-corrected chi connectivity index (χ4v) is 3.62. The highest BCUT2D eigenvalue weighted by Gasteiger charge is 2.19. The smallest absolute Gasteiger partial charge is 0.261 e. The maximum absolute atomic E-state index is 12.3. The van der Waals surface area contributed by atoms with Crippen LogP contribution in [0.4, 0.5) is 5.69 Å². The molecule has 0 aliphatic heterocycles. The number of amides is 1.